The number of fused-ring (bicyclic) bond motifs is 1. The van der Waals surface area contributed by atoms with Crippen molar-refractivity contribution < 1.29 is 18.7 Å². The molecule has 0 amide bonds. The zero-order valence-electron chi connectivity index (χ0n) is 15.4. The van der Waals surface area contributed by atoms with Crippen molar-refractivity contribution in [1.29, 1.82) is 0 Å². The lowest BCUT2D eigenvalue weighted by Gasteiger charge is -2.14. The van der Waals surface area contributed by atoms with Crippen molar-refractivity contribution in [2.24, 2.45) is 0 Å². The van der Waals surface area contributed by atoms with Crippen molar-refractivity contribution in [2.45, 2.75) is 32.8 Å². The van der Waals surface area contributed by atoms with Crippen LogP contribution in [0.15, 0.2) is 64.0 Å². The molecule has 0 radical (unpaired) electrons. The molecule has 0 N–H and O–H groups in total. The molecule has 2 aromatic carbocycles. The second kappa shape index (κ2) is 8.54. The van der Waals surface area contributed by atoms with Gasteiger partial charge in [0.2, 0.25) is 0 Å². The molecule has 5 nitrogen and oxygen atoms in total. The molecular formula is C22H22O5. The summed E-state index contributed by atoms with van der Waals surface area (Å²) < 4.78 is 16.4. The van der Waals surface area contributed by atoms with Crippen molar-refractivity contribution in [1.82, 2.24) is 0 Å². The molecule has 0 fully saturated rings. The standard InChI is InChI=1S/C22H22O5/c1-3-4-12-25-22(24)15(2)27-17-10-11-18-20(13-17)26-14-19(21(18)23)16-8-6-5-7-9-16/h5-11,13-15H,3-4,12H2,1-2H3/t15-/m1/s1. The Kier molecular flexibility index (Phi) is 5.91. The van der Waals surface area contributed by atoms with Crippen LogP contribution in [0.3, 0.4) is 0 Å². The third-order valence-corrected chi connectivity index (χ3v) is 4.22. The van der Waals surface area contributed by atoms with Crippen LogP contribution in [0.1, 0.15) is 26.7 Å². The highest BCUT2D eigenvalue weighted by atomic mass is 16.6. The predicted molar refractivity (Wildman–Crippen MR) is 104 cm³/mol. The molecule has 1 atom stereocenters. The molecule has 1 aromatic heterocycles. The summed E-state index contributed by atoms with van der Waals surface area (Å²) in [5.41, 5.74) is 1.60. The second-order valence-corrected chi connectivity index (χ2v) is 6.28. The normalized spacial score (nSPS) is 11.9. The van der Waals surface area contributed by atoms with Crippen molar-refractivity contribution in [2.75, 3.05) is 6.61 Å². The van der Waals surface area contributed by atoms with E-state index >= 15 is 0 Å². The van der Waals surface area contributed by atoms with Crippen LogP contribution < -0.4 is 10.2 Å². The third kappa shape index (κ3) is 4.37. The minimum atomic E-state index is -0.741. The largest absolute Gasteiger partial charge is 0.479 e. The van der Waals surface area contributed by atoms with E-state index in [2.05, 4.69) is 0 Å². The Morgan fingerprint density at radius 3 is 2.67 bits per heavy atom. The van der Waals surface area contributed by atoms with Gasteiger partial charge < -0.3 is 13.9 Å². The first kappa shape index (κ1) is 18.7. The van der Waals surface area contributed by atoms with E-state index in [9.17, 15) is 9.59 Å². The van der Waals surface area contributed by atoms with E-state index in [0.29, 0.717) is 28.9 Å². The Balaban J connectivity index is 1.80. The first-order chi connectivity index (χ1) is 13.1. The van der Waals surface area contributed by atoms with Gasteiger partial charge in [0.1, 0.15) is 17.6 Å². The van der Waals surface area contributed by atoms with Crippen LogP contribution in [0, 0.1) is 0 Å². The summed E-state index contributed by atoms with van der Waals surface area (Å²) in [5.74, 6) is 0.0301. The molecule has 0 saturated carbocycles. The molecule has 3 rings (SSSR count). The van der Waals surface area contributed by atoms with Gasteiger partial charge in [0.05, 0.1) is 17.6 Å². The molecular weight excluding hydrogens is 344 g/mol. The lowest BCUT2D eigenvalue weighted by atomic mass is 10.1. The molecule has 0 saturated heterocycles. The fourth-order valence-corrected chi connectivity index (χ4v) is 2.69. The molecule has 0 unspecified atom stereocenters. The van der Waals surface area contributed by atoms with Gasteiger partial charge in [-0.3, -0.25) is 4.79 Å². The summed E-state index contributed by atoms with van der Waals surface area (Å²) in [6.45, 7) is 4.05. The number of rotatable bonds is 7. The zero-order chi connectivity index (χ0) is 19.2. The third-order valence-electron chi connectivity index (χ3n) is 4.22. The van der Waals surface area contributed by atoms with Crippen LogP contribution in [0.25, 0.3) is 22.1 Å². The maximum absolute atomic E-state index is 12.7. The Bertz CT molecular complexity index is 975. The minimum absolute atomic E-state index is 0.110. The highest BCUT2D eigenvalue weighted by Gasteiger charge is 2.17. The van der Waals surface area contributed by atoms with Gasteiger partial charge in [-0.1, -0.05) is 43.7 Å². The fourth-order valence-electron chi connectivity index (χ4n) is 2.69. The van der Waals surface area contributed by atoms with Crippen molar-refractivity contribution in [3.05, 3.63) is 65.0 Å². The number of ether oxygens (including phenoxy) is 2. The summed E-state index contributed by atoms with van der Waals surface area (Å²) in [4.78, 5) is 24.7. The summed E-state index contributed by atoms with van der Waals surface area (Å²) >= 11 is 0. The van der Waals surface area contributed by atoms with Gasteiger partial charge in [-0.2, -0.15) is 0 Å². The molecule has 5 heteroatoms. The number of benzene rings is 2. The van der Waals surface area contributed by atoms with E-state index < -0.39 is 12.1 Å². The zero-order valence-corrected chi connectivity index (χ0v) is 15.4. The molecule has 0 bridgehead atoms. The molecule has 0 aliphatic heterocycles. The quantitative estimate of drug-likeness (QED) is 0.453. The van der Waals surface area contributed by atoms with Crippen molar-refractivity contribution in [3.63, 3.8) is 0 Å². The molecule has 27 heavy (non-hydrogen) atoms. The number of esters is 1. The van der Waals surface area contributed by atoms with Gasteiger partial charge in [0, 0.05) is 6.07 Å². The van der Waals surface area contributed by atoms with Gasteiger partial charge in [-0.15, -0.1) is 0 Å². The smallest absolute Gasteiger partial charge is 0.347 e. The van der Waals surface area contributed by atoms with Gasteiger partial charge in [-0.25, -0.2) is 4.79 Å². The number of carbonyl (C=O) groups is 1. The van der Waals surface area contributed by atoms with Crippen LogP contribution in [-0.2, 0) is 9.53 Å². The van der Waals surface area contributed by atoms with E-state index in [-0.39, 0.29) is 5.43 Å². The highest BCUT2D eigenvalue weighted by Crippen LogP contribution is 2.23. The second-order valence-electron chi connectivity index (χ2n) is 6.28. The summed E-state index contributed by atoms with van der Waals surface area (Å²) in [7, 11) is 0. The van der Waals surface area contributed by atoms with Crippen LogP contribution in [0.4, 0.5) is 0 Å². The Labute approximate surface area is 157 Å². The SMILES string of the molecule is CCCCOC(=O)[C@@H](C)Oc1ccc2c(=O)c(-c3ccccc3)coc2c1. The highest BCUT2D eigenvalue weighted by molar-refractivity contribution is 5.82. The average molecular weight is 366 g/mol. The molecule has 1 heterocycles. The van der Waals surface area contributed by atoms with E-state index in [0.717, 1.165) is 18.4 Å². The summed E-state index contributed by atoms with van der Waals surface area (Å²) in [5, 5.41) is 0.460. The molecule has 0 aliphatic rings. The summed E-state index contributed by atoms with van der Waals surface area (Å²) in [6, 6.07) is 14.3. The maximum Gasteiger partial charge on any atom is 0.347 e. The lowest BCUT2D eigenvalue weighted by Crippen LogP contribution is -2.26. The van der Waals surface area contributed by atoms with Gasteiger partial charge in [0.25, 0.3) is 0 Å². The van der Waals surface area contributed by atoms with Crippen LogP contribution in [0.2, 0.25) is 0 Å². The Morgan fingerprint density at radius 1 is 1.15 bits per heavy atom. The molecule has 140 valence electrons. The first-order valence-corrected chi connectivity index (χ1v) is 9.04. The lowest BCUT2D eigenvalue weighted by molar-refractivity contribution is -0.151. The van der Waals surface area contributed by atoms with Crippen LogP contribution >= 0.6 is 0 Å². The topological polar surface area (TPSA) is 65.7 Å². The number of unbranched alkanes of at least 4 members (excludes halogenated alkanes) is 1. The van der Waals surface area contributed by atoms with E-state index in [4.69, 9.17) is 13.9 Å². The average Bonchev–Trinajstić information content (AvgIpc) is 2.69. The predicted octanol–water partition coefficient (Wildman–Crippen LogP) is 4.57. The number of hydrogen-bond donors (Lipinski definition) is 0. The van der Waals surface area contributed by atoms with Gasteiger partial charge in [0.15, 0.2) is 11.5 Å². The van der Waals surface area contributed by atoms with E-state index in [1.54, 1.807) is 25.1 Å². The fraction of sp³-hybridized carbons (Fsp3) is 0.273. The Morgan fingerprint density at radius 2 is 1.93 bits per heavy atom. The van der Waals surface area contributed by atoms with E-state index in [1.807, 2.05) is 37.3 Å². The Hall–Kier alpha value is -3.08. The summed E-state index contributed by atoms with van der Waals surface area (Å²) in [6.07, 6.45) is 2.49. The van der Waals surface area contributed by atoms with E-state index in [1.165, 1.54) is 6.26 Å². The maximum atomic E-state index is 12.7. The van der Waals surface area contributed by atoms with Crippen molar-refractivity contribution in [3.8, 4) is 16.9 Å². The van der Waals surface area contributed by atoms with Crippen molar-refractivity contribution >= 4 is 16.9 Å². The van der Waals surface area contributed by atoms with Crippen LogP contribution in [-0.4, -0.2) is 18.7 Å². The molecule has 3 aromatic rings. The minimum Gasteiger partial charge on any atom is -0.479 e. The van der Waals surface area contributed by atoms with Gasteiger partial charge in [-0.05, 0) is 31.0 Å². The molecule has 0 spiro atoms. The van der Waals surface area contributed by atoms with Crippen LogP contribution in [0.5, 0.6) is 5.75 Å². The first-order valence-electron chi connectivity index (χ1n) is 9.04. The number of hydrogen-bond acceptors (Lipinski definition) is 5. The van der Waals surface area contributed by atoms with Gasteiger partial charge >= 0.3 is 5.97 Å². The number of carbonyl (C=O) groups excluding carboxylic acids is 1. The monoisotopic (exact) mass is 366 g/mol. The molecule has 0 aliphatic carbocycles.